The molecule has 0 bridgehead atoms. The summed E-state index contributed by atoms with van der Waals surface area (Å²) in [6, 6.07) is 3.81. The largest absolute Gasteiger partial charge is 0.351 e. The standard InChI is InChI=1S/C14H21ClN2OS/c15-12-5-4-11(19-12)9-17-13(18)8-14(10-16)6-2-1-3-7-14/h4-5H,1-3,6-10,16H2,(H,17,18). The summed E-state index contributed by atoms with van der Waals surface area (Å²) in [6.07, 6.45) is 6.40. The third-order valence-electron chi connectivity index (χ3n) is 3.97. The van der Waals surface area contributed by atoms with Gasteiger partial charge in [-0.25, -0.2) is 0 Å². The molecule has 3 nitrogen and oxygen atoms in total. The molecule has 2 rings (SSSR count). The van der Waals surface area contributed by atoms with Crippen LogP contribution < -0.4 is 11.1 Å². The maximum absolute atomic E-state index is 12.1. The van der Waals surface area contributed by atoms with Crippen molar-refractivity contribution in [1.29, 1.82) is 0 Å². The van der Waals surface area contributed by atoms with Crippen LogP contribution in [0.1, 0.15) is 43.4 Å². The third-order valence-corrected chi connectivity index (χ3v) is 5.20. The van der Waals surface area contributed by atoms with Gasteiger partial charge in [-0.15, -0.1) is 11.3 Å². The Morgan fingerprint density at radius 2 is 2.11 bits per heavy atom. The molecule has 1 aliphatic rings. The third kappa shape index (κ3) is 4.20. The molecule has 1 fully saturated rings. The minimum Gasteiger partial charge on any atom is -0.351 e. The van der Waals surface area contributed by atoms with Gasteiger partial charge >= 0.3 is 0 Å². The molecule has 0 atom stereocenters. The van der Waals surface area contributed by atoms with Gasteiger partial charge in [0.25, 0.3) is 0 Å². The van der Waals surface area contributed by atoms with Crippen LogP contribution in [-0.2, 0) is 11.3 Å². The summed E-state index contributed by atoms with van der Waals surface area (Å²) < 4.78 is 0.759. The fourth-order valence-electron chi connectivity index (χ4n) is 2.79. The Balaban J connectivity index is 1.82. The number of hydrogen-bond acceptors (Lipinski definition) is 3. The number of hydrogen-bond donors (Lipinski definition) is 2. The topological polar surface area (TPSA) is 55.1 Å². The lowest BCUT2D eigenvalue weighted by Crippen LogP contribution is -2.38. The van der Waals surface area contributed by atoms with Crippen molar-refractivity contribution in [3.05, 3.63) is 21.3 Å². The fraction of sp³-hybridized carbons (Fsp3) is 0.643. The second-order valence-corrected chi connectivity index (χ2v) is 7.22. The van der Waals surface area contributed by atoms with Gasteiger partial charge in [0.1, 0.15) is 0 Å². The van der Waals surface area contributed by atoms with Crippen LogP contribution in [0.5, 0.6) is 0 Å². The van der Waals surface area contributed by atoms with Gasteiger partial charge in [-0.2, -0.15) is 0 Å². The first kappa shape index (κ1) is 14.8. The number of carbonyl (C=O) groups excluding carboxylic acids is 1. The number of amides is 1. The highest BCUT2D eigenvalue weighted by Gasteiger charge is 2.32. The van der Waals surface area contributed by atoms with Gasteiger partial charge in [0.2, 0.25) is 5.91 Å². The molecule has 1 aliphatic carbocycles. The van der Waals surface area contributed by atoms with Crippen LogP contribution in [0, 0.1) is 5.41 Å². The van der Waals surface area contributed by atoms with Crippen molar-refractivity contribution in [2.75, 3.05) is 6.54 Å². The van der Waals surface area contributed by atoms with Crippen molar-refractivity contribution < 1.29 is 4.79 Å². The average Bonchev–Trinajstić information content (AvgIpc) is 2.83. The van der Waals surface area contributed by atoms with E-state index in [1.54, 1.807) is 0 Å². The van der Waals surface area contributed by atoms with E-state index in [0.29, 0.717) is 19.5 Å². The van der Waals surface area contributed by atoms with E-state index in [1.165, 1.54) is 30.6 Å². The number of rotatable bonds is 5. The van der Waals surface area contributed by atoms with Crippen LogP contribution in [0.25, 0.3) is 0 Å². The number of halogens is 1. The highest BCUT2D eigenvalue weighted by Crippen LogP contribution is 2.38. The van der Waals surface area contributed by atoms with E-state index in [2.05, 4.69) is 5.32 Å². The van der Waals surface area contributed by atoms with Gasteiger partial charge in [-0.3, -0.25) is 4.79 Å². The zero-order chi connectivity index (χ0) is 13.7. The lowest BCUT2D eigenvalue weighted by molar-refractivity contribution is -0.124. The molecule has 3 N–H and O–H groups in total. The minimum absolute atomic E-state index is 0.0371. The first-order valence-electron chi connectivity index (χ1n) is 6.85. The molecule has 0 unspecified atom stereocenters. The summed E-state index contributed by atoms with van der Waals surface area (Å²) in [5, 5.41) is 2.98. The molecular formula is C14H21ClN2OS. The lowest BCUT2D eigenvalue weighted by Gasteiger charge is -2.35. The maximum atomic E-state index is 12.1. The molecule has 1 amide bonds. The monoisotopic (exact) mass is 300 g/mol. The maximum Gasteiger partial charge on any atom is 0.220 e. The van der Waals surface area contributed by atoms with Crippen LogP contribution in [0.3, 0.4) is 0 Å². The SMILES string of the molecule is NCC1(CC(=O)NCc2ccc(Cl)s2)CCCCC1. The van der Waals surface area contributed by atoms with Gasteiger partial charge in [-0.1, -0.05) is 30.9 Å². The second-order valence-electron chi connectivity index (χ2n) is 5.42. The van der Waals surface area contributed by atoms with Crippen LogP contribution in [0.4, 0.5) is 0 Å². The number of thiophene rings is 1. The first-order valence-corrected chi connectivity index (χ1v) is 8.04. The van der Waals surface area contributed by atoms with Crippen molar-refractivity contribution in [2.24, 2.45) is 11.1 Å². The highest BCUT2D eigenvalue weighted by molar-refractivity contribution is 7.16. The fourth-order valence-corrected chi connectivity index (χ4v) is 3.82. The molecule has 0 radical (unpaired) electrons. The summed E-state index contributed by atoms with van der Waals surface area (Å²) in [5.74, 6) is 0.108. The van der Waals surface area contributed by atoms with E-state index >= 15 is 0 Å². The van der Waals surface area contributed by atoms with Crippen molar-refractivity contribution >= 4 is 28.8 Å². The number of carbonyl (C=O) groups is 1. The van der Waals surface area contributed by atoms with Gasteiger partial charge in [0.05, 0.1) is 10.9 Å². The molecule has 0 aliphatic heterocycles. The minimum atomic E-state index is 0.0371. The van der Waals surface area contributed by atoms with Crippen molar-refractivity contribution in [3.8, 4) is 0 Å². The molecule has 5 heteroatoms. The number of nitrogens with two attached hydrogens (primary N) is 1. The second kappa shape index (κ2) is 6.73. The predicted molar refractivity (Wildman–Crippen MR) is 80.4 cm³/mol. The Bertz CT molecular complexity index is 427. The van der Waals surface area contributed by atoms with E-state index in [9.17, 15) is 4.79 Å². The van der Waals surface area contributed by atoms with E-state index < -0.39 is 0 Å². The van der Waals surface area contributed by atoms with Crippen molar-refractivity contribution in [1.82, 2.24) is 5.32 Å². The Kier molecular flexibility index (Phi) is 5.25. The van der Waals surface area contributed by atoms with Gasteiger partial charge in [0, 0.05) is 11.3 Å². The molecule has 1 aromatic heterocycles. The quantitative estimate of drug-likeness (QED) is 0.876. The first-order chi connectivity index (χ1) is 9.13. The van der Waals surface area contributed by atoms with Crippen LogP contribution in [0.2, 0.25) is 4.34 Å². The van der Waals surface area contributed by atoms with Crippen LogP contribution >= 0.6 is 22.9 Å². The number of nitrogens with one attached hydrogen (secondary N) is 1. The molecule has 19 heavy (non-hydrogen) atoms. The van der Waals surface area contributed by atoms with Crippen molar-refractivity contribution in [2.45, 2.75) is 45.1 Å². The van der Waals surface area contributed by atoms with E-state index in [1.807, 2.05) is 12.1 Å². The summed E-state index contributed by atoms with van der Waals surface area (Å²) in [4.78, 5) is 13.1. The molecule has 1 aromatic rings. The normalized spacial score (nSPS) is 18.2. The Labute approximate surface area is 123 Å². The molecule has 0 saturated heterocycles. The zero-order valence-electron chi connectivity index (χ0n) is 11.1. The molecule has 106 valence electrons. The molecule has 0 spiro atoms. The summed E-state index contributed by atoms with van der Waals surface area (Å²) in [6.45, 7) is 1.18. The van der Waals surface area contributed by atoms with Crippen LogP contribution in [0.15, 0.2) is 12.1 Å². The van der Waals surface area contributed by atoms with Gasteiger partial charge < -0.3 is 11.1 Å². The summed E-state index contributed by atoms with van der Waals surface area (Å²) in [7, 11) is 0. The molecule has 1 heterocycles. The molecular weight excluding hydrogens is 280 g/mol. The lowest BCUT2D eigenvalue weighted by atomic mass is 9.71. The highest BCUT2D eigenvalue weighted by atomic mass is 35.5. The Morgan fingerprint density at radius 1 is 1.37 bits per heavy atom. The van der Waals surface area contributed by atoms with E-state index in [0.717, 1.165) is 22.1 Å². The smallest absolute Gasteiger partial charge is 0.220 e. The molecule has 1 saturated carbocycles. The van der Waals surface area contributed by atoms with Gasteiger partial charge in [0.15, 0.2) is 0 Å². The van der Waals surface area contributed by atoms with E-state index in [-0.39, 0.29) is 11.3 Å². The van der Waals surface area contributed by atoms with Crippen LogP contribution in [-0.4, -0.2) is 12.5 Å². The Morgan fingerprint density at radius 3 is 2.68 bits per heavy atom. The van der Waals surface area contributed by atoms with Crippen molar-refractivity contribution in [3.63, 3.8) is 0 Å². The zero-order valence-corrected chi connectivity index (χ0v) is 12.7. The average molecular weight is 301 g/mol. The summed E-state index contributed by atoms with van der Waals surface area (Å²) in [5.41, 5.74) is 5.94. The van der Waals surface area contributed by atoms with Gasteiger partial charge in [-0.05, 0) is 36.9 Å². The molecule has 0 aromatic carbocycles. The van der Waals surface area contributed by atoms with E-state index in [4.69, 9.17) is 17.3 Å². The predicted octanol–water partition coefficient (Wildman–Crippen LogP) is 3.32. The summed E-state index contributed by atoms with van der Waals surface area (Å²) >= 11 is 7.37. The Hall–Kier alpha value is -0.580.